The smallest absolute Gasteiger partial charge is 0.290 e. The van der Waals surface area contributed by atoms with Crippen LogP contribution in [-0.2, 0) is 6.54 Å². The maximum atomic E-state index is 12.9. The van der Waals surface area contributed by atoms with Crippen molar-refractivity contribution in [3.8, 4) is 0 Å². The van der Waals surface area contributed by atoms with Crippen molar-refractivity contribution in [2.75, 3.05) is 13.1 Å². The van der Waals surface area contributed by atoms with Crippen molar-refractivity contribution in [2.45, 2.75) is 25.8 Å². The predicted octanol–water partition coefficient (Wildman–Crippen LogP) is 2.29. The van der Waals surface area contributed by atoms with Crippen molar-refractivity contribution < 1.29 is 9.59 Å². The van der Waals surface area contributed by atoms with Crippen molar-refractivity contribution in [1.82, 2.24) is 24.6 Å². The SMILES string of the molecule is O=C(NCc1ccccn1)c1nc(C(=O)N2CCCCC2)n2ccccc12. The van der Waals surface area contributed by atoms with Crippen LogP contribution < -0.4 is 5.32 Å². The number of hydrogen-bond acceptors (Lipinski definition) is 4. The van der Waals surface area contributed by atoms with Gasteiger partial charge < -0.3 is 10.2 Å². The molecule has 0 radical (unpaired) electrons. The maximum Gasteiger partial charge on any atom is 0.290 e. The molecule has 1 N–H and O–H groups in total. The molecule has 3 aromatic rings. The van der Waals surface area contributed by atoms with E-state index in [9.17, 15) is 9.59 Å². The normalized spacial score (nSPS) is 14.3. The number of hydrogen-bond donors (Lipinski definition) is 1. The summed E-state index contributed by atoms with van der Waals surface area (Å²) >= 11 is 0. The van der Waals surface area contributed by atoms with Crippen molar-refractivity contribution in [1.29, 1.82) is 0 Å². The van der Waals surface area contributed by atoms with Gasteiger partial charge in [0.2, 0.25) is 5.82 Å². The lowest BCUT2D eigenvalue weighted by atomic mass is 10.1. The average Bonchev–Trinajstić information content (AvgIpc) is 3.13. The zero-order chi connectivity index (χ0) is 18.6. The highest BCUT2D eigenvalue weighted by atomic mass is 16.2. The Labute approximate surface area is 157 Å². The zero-order valence-corrected chi connectivity index (χ0v) is 15.0. The summed E-state index contributed by atoms with van der Waals surface area (Å²) in [6.45, 7) is 1.78. The number of aromatic nitrogens is 3. The molecule has 7 nitrogen and oxygen atoms in total. The molecule has 0 bridgehead atoms. The molecule has 0 atom stereocenters. The molecule has 138 valence electrons. The minimum Gasteiger partial charge on any atom is -0.345 e. The molecule has 1 aliphatic heterocycles. The van der Waals surface area contributed by atoms with Gasteiger partial charge in [0.15, 0.2) is 5.69 Å². The van der Waals surface area contributed by atoms with Crippen LogP contribution in [0.15, 0.2) is 48.8 Å². The number of amides is 2. The summed E-state index contributed by atoms with van der Waals surface area (Å²) in [4.78, 5) is 36.1. The predicted molar refractivity (Wildman–Crippen MR) is 100 cm³/mol. The first kappa shape index (κ1) is 17.2. The first-order valence-electron chi connectivity index (χ1n) is 9.18. The molecule has 2 amide bonds. The minimum atomic E-state index is -0.318. The van der Waals surface area contributed by atoms with Gasteiger partial charge in [-0.1, -0.05) is 12.1 Å². The first-order valence-corrected chi connectivity index (χ1v) is 9.18. The zero-order valence-electron chi connectivity index (χ0n) is 15.0. The quantitative estimate of drug-likeness (QED) is 0.771. The summed E-state index contributed by atoms with van der Waals surface area (Å²) in [5.41, 5.74) is 1.64. The van der Waals surface area contributed by atoms with E-state index in [1.807, 2.05) is 35.2 Å². The fourth-order valence-electron chi connectivity index (χ4n) is 3.35. The Morgan fingerprint density at radius 3 is 2.63 bits per heavy atom. The summed E-state index contributed by atoms with van der Waals surface area (Å²) in [7, 11) is 0. The van der Waals surface area contributed by atoms with Gasteiger partial charge in [0.1, 0.15) is 0 Å². The number of carbonyl (C=O) groups excluding carboxylic acids is 2. The molecule has 27 heavy (non-hydrogen) atoms. The first-order chi connectivity index (χ1) is 13.2. The van der Waals surface area contributed by atoms with Crippen molar-refractivity contribution >= 4 is 17.3 Å². The molecule has 0 unspecified atom stereocenters. The number of fused-ring (bicyclic) bond motifs is 1. The molecule has 1 saturated heterocycles. The van der Waals surface area contributed by atoms with E-state index in [0.29, 0.717) is 12.1 Å². The van der Waals surface area contributed by atoms with E-state index in [1.165, 1.54) is 0 Å². The van der Waals surface area contributed by atoms with E-state index in [0.717, 1.165) is 38.0 Å². The Balaban J connectivity index is 1.61. The Morgan fingerprint density at radius 1 is 1.04 bits per heavy atom. The van der Waals surface area contributed by atoms with Crippen LogP contribution in [0, 0.1) is 0 Å². The van der Waals surface area contributed by atoms with Gasteiger partial charge in [-0.3, -0.25) is 19.0 Å². The third-order valence-corrected chi connectivity index (χ3v) is 4.75. The van der Waals surface area contributed by atoms with Crippen molar-refractivity contribution in [3.63, 3.8) is 0 Å². The van der Waals surface area contributed by atoms with E-state index < -0.39 is 0 Å². The highest BCUT2D eigenvalue weighted by molar-refractivity contribution is 6.02. The second-order valence-corrected chi connectivity index (χ2v) is 6.60. The largest absolute Gasteiger partial charge is 0.345 e. The van der Waals surface area contributed by atoms with Crippen LogP contribution in [0.4, 0.5) is 0 Å². The third-order valence-electron chi connectivity index (χ3n) is 4.75. The highest BCUT2D eigenvalue weighted by Crippen LogP contribution is 2.17. The Kier molecular flexibility index (Phi) is 4.82. The number of piperidine rings is 1. The Morgan fingerprint density at radius 2 is 1.85 bits per heavy atom. The summed E-state index contributed by atoms with van der Waals surface area (Å²) in [5.74, 6) is -0.155. The highest BCUT2D eigenvalue weighted by Gasteiger charge is 2.25. The molecule has 4 rings (SSSR count). The van der Waals surface area contributed by atoms with E-state index in [1.54, 1.807) is 22.9 Å². The summed E-state index contributed by atoms with van der Waals surface area (Å²) < 4.78 is 1.70. The van der Waals surface area contributed by atoms with E-state index >= 15 is 0 Å². The standard InChI is InChI=1S/C20H21N5O2/c26-19(22-14-15-8-2-4-10-21-15)17-16-9-3-7-13-25(16)18(23-17)20(27)24-11-5-1-6-12-24/h2-4,7-10,13H,1,5-6,11-12,14H2,(H,22,26). The molecule has 3 aromatic heterocycles. The van der Waals surface area contributed by atoms with Crippen LogP contribution in [-0.4, -0.2) is 44.2 Å². The van der Waals surface area contributed by atoms with Crippen LogP contribution in [0.5, 0.6) is 0 Å². The minimum absolute atomic E-state index is 0.125. The molecule has 1 fully saturated rings. The van der Waals surface area contributed by atoms with Crippen LogP contribution in [0.3, 0.4) is 0 Å². The lowest BCUT2D eigenvalue weighted by molar-refractivity contribution is 0.0711. The summed E-state index contributed by atoms with van der Waals surface area (Å²) in [5, 5.41) is 2.84. The second-order valence-electron chi connectivity index (χ2n) is 6.60. The molecule has 7 heteroatoms. The third kappa shape index (κ3) is 3.53. The number of rotatable bonds is 4. The van der Waals surface area contributed by atoms with E-state index in [2.05, 4.69) is 15.3 Å². The maximum absolute atomic E-state index is 12.9. The number of likely N-dealkylation sites (tertiary alicyclic amines) is 1. The van der Waals surface area contributed by atoms with Gasteiger partial charge in [0.05, 0.1) is 17.8 Å². The van der Waals surface area contributed by atoms with Crippen LogP contribution >= 0.6 is 0 Å². The molecule has 0 aromatic carbocycles. The summed E-state index contributed by atoms with van der Waals surface area (Å²) in [6, 6.07) is 11.0. The van der Waals surface area contributed by atoms with Gasteiger partial charge in [-0.2, -0.15) is 0 Å². The van der Waals surface area contributed by atoms with Crippen LogP contribution in [0.2, 0.25) is 0 Å². The lowest BCUT2D eigenvalue weighted by Crippen LogP contribution is -2.36. The van der Waals surface area contributed by atoms with Gasteiger partial charge in [0, 0.05) is 25.5 Å². The number of pyridine rings is 2. The number of nitrogens with zero attached hydrogens (tertiary/aromatic N) is 4. The van der Waals surface area contributed by atoms with E-state index in [-0.39, 0.29) is 23.3 Å². The Bertz CT molecular complexity index is 961. The molecule has 0 saturated carbocycles. The molecular formula is C20H21N5O2. The number of carbonyl (C=O) groups is 2. The van der Waals surface area contributed by atoms with E-state index in [4.69, 9.17) is 0 Å². The number of imidazole rings is 1. The Hall–Kier alpha value is -3.22. The lowest BCUT2D eigenvalue weighted by Gasteiger charge is -2.25. The molecule has 0 aliphatic carbocycles. The monoisotopic (exact) mass is 363 g/mol. The summed E-state index contributed by atoms with van der Waals surface area (Å²) in [6.07, 6.45) is 6.62. The van der Waals surface area contributed by atoms with Gasteiger partial charge in [-0.25, -0.2) is 4.98 Å². The fourth-order valence-corrected chi connectivity index (χ4v) is 3.35. The van der Waals surface area contributed by atoms with Gasteiger partial charge >= 0.3 is 0 Å². The average molecular weight is 363 g/mol. The molecular weight excluding hydrogens is 342 g/mol. The molecule has 0 spiro atoms. The van der Waals surface area contributed by atoms with Crippen LogP contribution in [0.1, 0.15) is 46.1 Å². The molecule has 1 aliphatic rings. The number of nitrogens with one attached hydrogen (secondary N) is 1. The van der Waals surface area contributed by atoms with Gasteiger partial charge in [-0.15, -0.1) is 0 Å². The topological polar surface area (TPSA) is 79.6 Å². The fraction of sp³-hybridized carbons (Fsp3) is 0.300. The van der Waals surface area contributed by atoms with Crippen molar-refractivity contribution in [3.05, 3.63) is 66.0 Å². The van der Waals surface area contributed by atoms with Crippen molar-refractivity contribution in [2.24, 2.45) is 0 Å². The van der Waals surface area contributed by atoms with Crippen LogP contribution in [0.25, 0.3) is 5.52 Å². The van der Waals surface area contributed by atoms with Gasteiger partial charge in [0.25, 0.3) is 11.8 Å². The molecule has 4 heterocycles. The second kappa shape index (κ2) is 7.57. The van der Waals surface area contributed by atoms with Gasteiger partial charge in [-0.05, 0) is 43.5 Å².